The van der Waals surface area contributed by atoms with Crippen LogP contribution < -0.4 is 10.2 Å². The standard InChI is InChI=1S/C14H15FN4OS/c1-2-16-14-11(17-18-21-14)8-19-12-5-4-10(15)7-9(12)3-6-13(19)20/h4-5,7,16H,2-3,6,8H2,1H3. The summed E-state index contributed by atoms with van der Waals surface area (Å²) >= 11 is 1.28. The molecule has 5 nitrogen and oxygen atoms in total. The van der Waals surface area contributed by atoms with Gasteiger partial charge in [-0.2, -0.15) is 0 Å². The number of rotatable bonds is 4. The van der Waals surface area contributed by atoms with Crippen LogP contribution in [0.4, 0.5) is 15.1 Å². The van der Waals surface area contributed by atoms with Gasteiger partial charge in [-0.3, -0.25) is 4.79 Å². The zero-order chi connectivity index (χ0) is 14.8. The lowest BCUT2D eigenvalue weighted by molar-refractivity contribution is -0.119. The van der Waals surface area contributed by atoms with Crippen molar-refractivity contribution in [1.29, 1.82) is 0 Å². The number of hydrogen-bond acceptors (Lipinski definition) is 5. The summed E-state index contributed by atoms with van der Waals surface area (Å²) in [7, 11) is 0. The van der Waals surface area contributed by atoms with Gasteiger partial charge in [0, 0.05) is 30.2 Å². The third kappa shape index (κ3) is 2.73. The number of carbonyl (C=O) groups is 1. The lowest BCUT2D eigenvalue weighted by Gasteiger charge is -2.29. The van der Waals surface area contributed by atoms with Gasteiger partial charge in [-0.15, -0.1) is 5.10 Å². The number of nitrogens with zero attached hydrogens (tertiary/aromatic N) is 3. The maximum absolute atomic E-state index is 13.3. The Kier molecular flexibility index (Phi) is 3.83. The normalized spacial score (nSPS) is 14.2. The number of halogens is 1. The second-order valence-corrected chi connectivity index (χ2v) is 5.59. The molecular weight excluding hydrogens is 291 g/mol. The van der Waals surface area contributed by atoms with Crippen molar-refractivity contribution < 1.29 is 9.18 Å². The minimum atomic E-state index is -0.272. The van der Waals surface area contributed by atoms with Crippen molar-refractivity contribution in [1.82, 2.24) is 9.59 Å². The highest BCUT2D eigenvalue weighted by atomic mass is 32.1. The number of fused-ring (bicyclic) bond motifs is 1. The van der Waals surface area contributed by atoms with Crippen LogP contribution in [0.1, 0.15) is 24.6 Å². The maximum Gasteiger partial charge on any atom is 0.227 e. The van der Waals surface area contributed by atoms with E-state index >= 15 is 0 Å². The van der Waals surface area contributed by atoms with Crippen molar-refractivity contribution in [3.63, 3.8) is 0 Å². The van der Waals surface area contributed by atoms with Crippen LogP contribution >= 0.6 is 11.5 Å². The van der Waals surface area contributed by atoms with Crippen molar-refractivity contribution >= 4 is 28.1 Å². The number of amides is 1. The van der Waals surface area contributed by atoms with Crippen molar-refractivity contribution in [2.24, 2.45) is 0 Å². The molecule has 0 radical (unpaired) electrons. The van der Waals surface area contributed by atoms with E-state index in [1.807, 2.05) is 6.92 Å². The van der Waals surface area contributed by atoms with Crippen LogP contribution in [0.2, 0.25) is 0 Å². The minimum absolute atomic E-state index is 0.0320. The number of benzene rings is 1. The monoisotopic (exact) mass is 306 g/mol. The van der Waals surface area contributed by atoms with E-state index in [2.05, 4.69) is 14.9 Å². The minimum Gasteiger partial charge on any atom is -0.374 e. The Labute approximate surface area is 125 Å². The molecule has 0 saturated heterocycles. The highest BCUT2D eigenvalue weighted by Crippen LogP contribution is 2.31. The van der Waals surface area contributed by atoms with Gasteiger partial charge in [0.2, 0.25) is 5.91 Å². The van der Waals surface area contributed by atoms with Crippen molar-refractivity contribution in [2.75, 3.05) is 16.8 Å². The molecule has 1 aliphatic rings. The molecular formula is C14H15FN4OS. The molecule has 110 valence electrons. The first-order valence-electron chi connectivity index (χ1n) is 6.83. The Morgan fingerprint density at radius 3 is 3.10 bits per heavy atom. The molecule has 21 heavy (non-hydrogen) atoms. The summed E-state index contributed by atoms with van der Waals surface area (Å²) in [6.45, 7) is 3.12. The average molecular weight is 306 g/mol. The van der Waals surface area contributed by atoms with E-state index in [-0.39, 0.29) is 11.7 Å². The first kappa shape index (κ1) is 13.9. The fourth-order valence-electron chi connectivity index (χ4n) is 2.46. The summed E-state index contributed by atoms with van der Waals surface area (Å²) in [5, 5.41) is 8.16. The molecule has 7 heteroatoms. The van der Waals surface area contributed by atoms with E-state index in [0.29, 0.717) is 19.4 Å². The fraction of sp³-hybridized carbons (Fsp3) is 0.357. The summed E-state index contributed by atoms with van der Waals surface area (Å²) in [6.07, 6.45) is 0.975. The zero-order valence-electron chi connectivity index (χ0n) is 11.6. The number of carbonyl (C=O) groups excluding carboxylic acids is 1. The molecule has 0 spiro atoms. The molecule has 0 aliphatic carbocycles. The first-order chi connectivity index (χ1) is 10.2. The Bertz CT molecular complexity index is 673. The molecule has 0 saturated carbocycles. The highest BCUT2D eigenvalue weighted by Gasteiger charge is 2.26. The molecule has 1 aliphatic heterocycles. The molecule has 1 amide bonds. The molecule has 1 N–H and O–H groups in total. The lowest BCUT2D eigenvalue weighted by atomic mass is 10.0. The Balaban J connectivity index is 1.91. The van der Waals surface area contributed by atoms with Gasteiger partial charge in [-0.1, -0.05) is 4.49 Å². The Hall–Kier alpha value is -2.02. The van der Waals surface area contributed by atoms with Gasteiger partial charge in [-0.05, 0) is 37.1 Å². The first-order valence-corrected chi connectivity index (χ1v) is 7.60. The number of anilines is 2. The topological polar surface area (TPSA) is 58.1 Å². The van der Waals surface area contributed by atoms with Gasteiger partial charge in [0.25, 0.3) is 0 Å². The van der Waals surface area contributed by atoms with Crippen LogP contribution in [-0.4, -0.2) is 22.0 Å². The van der Waals surface area contributed by atoms with E-state index in [9.17, 15) is 9.18 Å². The van der Waals surface area contributed by atoms with E-state index in [4.69, 9.17) is 0 Å². The molecule has 3 rings (SSSR count). The molecule has 0 fully saturated rings. The van der Waals surface area contributed by atoms with Crippen molar-refractivity contribution in [2.45, 2.75) is 26.3 Å². The lowest BCUT2D eigenvalue weighted by Crippen LogP contribution is -2.34. The molecule has 1 aromatic heterocycles. The summed E-state index contributed by atoms with van der Waals surface area (Å²) < 4.78 is 17.3. The largest absolute Gasteiger partial charge is 0.374 e. The predicted octanol–water partition coefficient (Wildman–Crippen LogP) is 2.59. The summed E-state index contributed by atoms with van der Waals surface area (Å²) in [6, 6.07) is 4.54. The van der Waals surface area contributed by atoms with E-state index in [0.717, 1.165) is 28.5 Å². The Morgan fingerprint density at radius 2 is 2.29 bits per heavy atom. The SMILES string of the molecule is CCNc1snnc1CN1C(=O)CCc2cc(F)ccc21. The molecule has 0 bridgehead atoms. The van der Waals surface area contributed by atoms with Crippen LogP contribution in [0.3, 0.4) is 0 Å². The van der Waals surface area contributed by atoms with Gasteiger partial charge in [0.05, 0.1) is 6.54 Å². The van der Waals surface area contributed by atoms with Gasteiger partial charge >= 0.3 is 0 Å². The van der Waals surface area contributed by atoms with E-state index in [1.54, 1.807) is 11.0 Å². The number of aromatic nitrogens is 2. The second-order valence-electron chi connectivity index (χ2n) is 4.83. The summed E-state index contributed by atoms with van der Waals surface area (Å²) in [5.41, 5.74) is 2.37. The third-order valence-electron chi connectivity index (χ3n) is 3.44. The van der Waals surface area contributed by atoms with Gasteiger partial charge < -0.3 is 10.2 Å². The summed E-state index contributed by atoms with van der Waals surface area (Å²) in [4.78, 5) is 13.9. The Morgan fingerprint density at radius 1 is 1.43 bits per heavy atom. The maximum atomic E-state index is 13.3. The van der Waals surface area contributed by atoms with Crippen LogP contribution in [0.15, 0.2) is 18.2 Å². The van der Waals surface area contributed by atoms with E-state index in [1.165, 1.54) is 23.7 Å². The van der Waals surface area contributed by atoms with Gasteiger partial charge in [0.1, 0.15) is 16.5 Å². The van der Waals surface area contributed by atoms with Crippen molar-refractivity contribution in [3.8, 4) is 0 Å². The fourth-order valence-corrected chi connectivity index (χ4v) is 3.10. The zero-order valence-corrected chi connectivity index (χ0v) is 12.4. The highest BCUT2D eigenvalue weighted by molar-refractivity contribution is 7.10. The second kappa shape index (κ2) is 5.77. The molecule has 2 aromatic rings. The molecule has 0 atom stereocenters. The smallest absolute Gasteiger partial charge is 0.227 e. The number of aryl methyl sites for hydroxylation is 1. The predicted molar refractivity (Wildman–Crippen MR) is 80.0 cm³/mol. The van der Waals surface area contributed by atoms with Crippen LogP contribution in [0.5, 0.6) is 0 Å². The third-order valence-corrected chi connectivity index (χ3v) is 4.17. The van der Waals surface area contributed by atoms with Crippen molar-refractivity contribution in [3.05, 3.63) is 35.3 Å². The quantitative estimate of drug-likeness (QED) is 0.943. The van der Waals surface area contributed by atoms with Crippen LogP contribution in [0.25, 0.3) is 0 Å². The van der Waals surface area contributed by atoms with Gasteiger partial charge in [0.15, 0.2) is 0 Å². The summed E-state index contributed by atoms with van der Waals surface area (Å²) in [5.74, 6) is -0.240. The van der Waals surface area contributed by atoms with E-state index < -0.39 is 0 Å². The van der Waals surface area contributed by atoms with Gasteiger partial charge in [-0.25, -0.2) is 4.39 Å². The van der Waals surface area contributed by atoms with Crippen LogP contribution in [-0.2, 0) is 17.8 Å². The molecule has 2 heterocycles. The van der Waals surface area contributed by atoms with Crippen LogP contribution in [0, 0.1) is 5.82 Å². The average Bonchev–Trinajstić information content (AvgIpc) is 2.90. The number of nitrogens with one attached hydrogen (secondary N) is 1. The number of hydrogen-bond donors (Lipinski definition) is 1. The molecule has 1 aromatic carbocycles. The molecule has 0 unspecified atom stereocenters.